The maximum Gasteiger partial charge on any atom is 0.257 e. The predicted molar refractivity (Wildman–Crippen MR) is 134 cm³/mol. The minimum Gasteiger partial charge on any atom is -0.491 e. The number of nitrogens with zero attached hydrogens (tertiary/aromatic N) is 4. The number of carbonyl (C=O) groups excluding carboxylic acids is 1. The highest BCUT2D eigenvalue weighted by molar-refractivity contribution is 7.80. The summed E-state index contributed by atoms with van der Waals surface area (Å²) >= 11 is 6.82. The third-order valence-electron chi connectivity index (χ3n) is 4.97. The lowest BCUT2D eigenvalue weighted by molar-refractivity contribution is 0.0977. The Hall–Kier alpha value is -3.37. The Morgan fingerprint density at radius 2 is 2.00 bits per heavy atom. The van der Waals surface area contributed by atoms with E-state index in [4.69, 9.17) is 17.0 Å². The number of hydrogen-bond donors (Lipinski definition) is 2. The fraction of sp³-hybridized carbons (Fsp3) is 0.261. The molecule has 0 radical (unpaired) electrons. The molecule has 0 aliphatic carbocycles. The van der Waals surface area contributed by atoms with Crippen molar-refractivity contribution in [2.45, 2.75) is 39.7 Å². The number of aromatic nitrogens is 4. The molecule has 0 saturated carbocycles. The van der Waals surface area contributed by atoms with Gasteiger partial charge in [0, 0.05) is 23.2 Å². The van der Waals surface area contributed by atoms with E-state index >= 15 is 0 Å². The van der Waals surface area contributed by atoms with E-state index in [1.165, 1.54) is 11.3 Å². The third kappa shape index (κ3) is 5.35. The van der Waals surface area contributed by atoms with E-state index in [1.54, 1.807) is 22.7 Å². The van der Waals surface area contributed by atoms with Crippen LogP contribution in [0.1, 0.15) is 43.4 Å². The van der Waals surface area contributed by atoms with Gasteiger partial charge in [0.1, 0.15) is 10.8 Å². The molecule has 0 aliphatic rings. The average molecular weight is 481 g/mol. The summed E-state index contributed by atoms with van der Waals surface area (Å²) in [6.07, 6.45) is 1.71. The van der Waals surface area contributed by atoms with Crippen LogP contribution in [0.2, 0.25) is 0 Å². The first-order valence-corrected chi connectivity index (χ1v) is 11.9. The van der Waals surface area contributed by atoms with Gasteiger partial charge in [0.15, 0.2) is 10.9 Å². The Balaban J connectivity index is 1.43. The first kappa shape index (κ1) is 22.8. The van der Waals surface area contributed by atoms with Gasteiger partial charge < -0.3 is 10.1 Å². The van der Waals surface area contributed by atoms with Crippen molar-refractivity contribution in [3.63, 3.8) is 0 Å². The van der Waals surface area contributed by atoms with E-state index in [-0.39, 0.29) is 17.1 Å². The molecule has 4 aromatic rings. The second-order valence-electron chi connectivity index (χ2n) is 7.42. The topological polar surface area (TPSA) is 93.4 Å². The van der Waals surface area contributed by atoms with Gasteiger partial charge in [-0.2, -0.15) is 9.61 Å². The lowest BCUT2D eigenvalue weighted by atomic mass is 10.2. The van der Waals surface area contributed by atoms with Gasteiger partial charge in [-0.3, -0.25) is 10.1 Å². The Kier molecular flexibility index (Phi) is 6.95. The van der Waals surface area contributed by atoms with Crippen LogP contribution in [-0.2, 0) is 6.42 Å². The van der Waals surface area contributed by atoms with E-state index < -0.39 is 0 Å². The van der Waals surface area contributed by atoms with E-state index in [0.29, 0.717) is 11.3 Å². The quantitative estimate of drug-likeness (QED) is 0.370. The second-order valence-corrected chi connectivity index (χ2v) is 8.79. The van der Waals surface area contributed by atoms with Gasteiger partial charge >= 0.3 is 0 Å². The first-order chi connectivity index (χ1) is 16.0. The van der Waals surface area contributed by atoms with Crippen LogP contribution in [0.15, 0.2) is 48.5 Å². The van der Waals surface area contributed by atoms with E-state index in [0.717, 1.165) is 39.9 Å². The van der Waals surface area contributed by atoms with Crippen LogP contribution in [0, 0.1) is 0 Å². The molecule has 2 aromatic carbocycles. The summed E-state index contributed by atoms with van der Waals surface area (Å²) in [5.41, 5.74) is 2.13. The zero-order chi connectivity index (χ0) is 23.4. The Bertz CT molecular complexity index is 1300. The molecule has 0 aliphatic heterocycles. The molecule has 2 aromatic heterocycles. The minimum atomic E-state index is -0.306. The number of anilines is 1. The summed E-state index contributed by atoms with van der Waals surface area (Å²) in [4.78, 5) is 13.4. The van der Waals surface area contributed by atoms with Gasteiger partial charge in [0.2, 0.25) is 4.96 Å². The minimum absolute atomic E-state index is 0.0743. The molecule has 1 amide bonds. The van der Waals surface area contributed by atoms with E-state index in [9.17, 15) is 4.79 Å². The normalized spacial score (nSPS) is 11.8. The Labute approximate surface area is 201 Å². The van der Waals surface area contributed by atoms with Crippen molar-refractivity contribution in [1.82, 2.24) is 25.1 Å². The first-order valence-electron chi connectivity index (χ1n) is 10.7. The van der Waals surface area contributed by atoms with Crippen molar-refractivity contribution >= 4 is 45.2 Å². The molecule has 0 saturated heterocycles. The SMILES string of the molecule is CCc1nnc2sc(-c3cccc(NC(=S)NC(=O)c4cccc(O[C@@H](C)CC)c4)c3)nn12. The number of aryl methyl sites for hydroxylation is 1. The summed E-state index contributed by atoms with van der Waals surface area (Å²) in [7, 11) is 0. The molecule has 2 heterocycles. The monoisotopic (exact) mass is 480 g/mol. The largest absolute Gasteiger partial charge is 0.491 e. The van der Waals surface area contributed by atoms with Gasteiger partial charge in [-0.15, -0.1) is 10.2 Å². The predicted octanol–water partition coefficient (Wildman–Crippen LogP) is 4.72. The maximum atomic E-state index is 12.7. The van der Waals surface area contributed by atoms with Crippen LogP contribution in [0.3, 0.4) is 0 Å². The molecule has 2 N–H and O–H groups in total. The summed E-state index contributed by atoms with van der Waals surface area (Å²) in [5.74, 6) is 1.17. The molecular formula is C23H24N6O2S2. The van der Waals surface area contributed by atoms with Gasteiger partial charge in [0.25, 0.3) is 5.91 Å². The standard InChI is InChI=1S/C23H24N6O2S2/c1-4-14(3)31-18-11-7-8-15(13-18)20(30)25-22(32)24-17-10-6-9-16(12-17)21-28-29-19(5-2)26-27-23(29)33-21/h6-14H,4-5H2,1-3H3,(H2,24,25,30,32)/t14-/m0/s1. The number of nitrogens with one attached hydrogen (secondary N) is 2. The molecule has 33 heavy (non-hydrogen) atoms. The highest BCUT2D eigenvalue weighted by Crippen LogP contribution is 2.27. The molecule has 4 rings (SSSR count). The van der Waals surface area contributed by atoms with Crippen LogP contribution in [0.5, 0.6) is 5.75 Å². The highest BCUT2D eigenvalue weighted by atomic mass is 32.1. The lowest BCUT2D eigenvalue weighted by Gasteiger charge is -2.14. The Morgan fingerprint density at radius 1 is 1.18 bits per heavy atom. The number of carbonyl (C=O) groups is 1. The fourth-order valence-corrected chi connectivity index (χ4v) is 4.15. The Morgan fingerprint density at radius 3 is 2.79 bits per heavy atom. The van der Waals surface area contributed by atoms with Crippen LogP contribution in [-0.4, -0.2) is 36.9 Å². The highest BCUT2D eigenvalue weighted by Gasteiger charge is 2.13. The number of fused-ring (bicyclic) bond motifs is 1. The van der Waals surface area contributed by atoms with Crippen molar-refractivity contribution in [3.05, 3.63) is 59.9 Å². The van der Waals surface area contributed by atoms with Gasteiger partial charge in [-0.25, -0.2) is 0 Å². The number of hydrogen-bond acceptors (Lipinski definition) is 7. The van der Waals surface area contributed by atoms with Gasteiger partial charge in [-0.1, -0.05) is 43.4 Å². The number of benzene rings is 2. The van der Waals surface area contributed by atoms with Crippen molar-refractivity contribution in [1.29, 1.82) is 0 Å². The van der Waals surface area contributed by atoms with Crippen LogP contribution < -0.4 is 15.4 Å². The van der Waals surface area contributed by atoms with E-state index in [2.05, 4.69) is 25.9 Å². The second kappa shape index (κ2) is 10.1. The molecule has 10 heteroatoms. The molecule has 0 spiro atoms. The molecule has 8 nitrogen and oxygen atoms in total. The number of rotatable bonds is 7. The van der Waals surface area contributed by atoms with Crippen molar-refractivity contribution in [2.24, 2.45) is 0 Å². The number of thiocarbonyl (C=S) groups is 1. The lowest BCUT2D eigenvalue weighted by Crippen LogP contribution is -2.34. The molecule has 0 fully saturated rings. The molecule has 170 valence electrons. The van der Waals surface area contributed by atoms with Crippen LogP contribution in [0.4, 0.5) is 5.69 Å². The molecule has 0 unspecified atom stereocenters. The zero-order valence-corrected chi connectivity index (χ0v) is 20.2. The average Bonchev–Trinajstić information content (AvgIpc) is 3.40. The molecule has 0 bridgehead atoms. The third-order valence-corrected chi connectivity index (χ3v) is 6.13. The maximum absolute atomic E-state index is 12.7. The van der Waals surface area contributed by atoms with Crippen molar-refractivity contribution in [2.75, 3.05) is 5.32 Å². The summed E-state index contributed by atoms with van der Waals surface area (Å²) in [6.45, 7) is 6.06. The van der Waals surface area contributed by atoms with Crippen molar-refractivity contribution in [3.8, 4) is 16.3 Å². The smallest absolute Gasteiger partial charge is 0.257 e. The summed E-state index contributed by atoms with van der Waals surface area (Å²) in [6, 6.07) is 14.7. The van der Waals surface area contributed by atoms with Gasteiger partial charge in [-0.05, 0) is 55.9 Å². The van der Waals surface area contributed by atoms with E-state index in [1.807, 2.05) is 51.1 Å². The van der Waals surface area contributed by atoms with Crippen LogP contribution in [0.25, 0.3) is 15.5 Å². The summed E-state index contributed by atoms with van der Waals surface area (Å²) in [5, 5.41) is 19.7. The molecular weight excluding hydrogens is 456 g/mol. The van der Waals surface area contributed by atoms with Crippen molar-refractivity contribution < 1.29 is 9.53 Å². The zero-order valence-electron chi connectivity index (χ0n) is 18.5. The molecule has 1 atom stereocenters. The van der Waals surface area contributed by atoms with Gasteiger partial charge in [0.05, 0.1) is 6.10 Å². The fourth-order valence-electron chi connectivity index (χ4n) is 3.09. The van der Waals surface area contributed by atoms with Crippen LogP contribution >= 0.6 is 23.6 Å². The summed E-state index contributed by atoms with van der Waals surface area (Å²) < 4.78 is 7.57. The number of ether oxygens (including phenoxy) is 1. The number of amides is 1.